The second-order valence-corrected chi connectivity index (χ2v) is 5.18. The van der Waals surface area contributed by atoms with Gasteiger partial charge in [0.25, 0.3) is 0 Å². The fourth-order valence-corrected chi connectivity index (χ4v) is 1.40. The minimum atomic E-state index is -3.52. The first-order chi connectivity index (χ1) is 8.40. The summed E-state index contributed by atoms with van der Waals surface area (Å²) in [4.78, 5) is 11.5. The van der Waals surface area contributed by atoms with Crippen LogP contribution in [0.4, 0.5) is 11.9 Å². The minimum absolute atomic E-state index is 0.00536. The molecule has 1 aromatic heterocycles. The number of primary sulfonamides is 1. The summed E-state index contributed by atoms with van der Waals surface area (Å²) in [6.45, 7) is 2.48. The third kappa shape index (κ3) is 5.59. The van der Waals surface area contributed by atoms with Gasteiger partial charge in [0.1, 0.15) is 0 Å². The average molecular weight is 276 g/mol. The Hall–Kier alpha value is -1.68. The molecule has 0 saturated carbocycles. The van der Waals surface area contributed by atoms with E-state index < -0.39 is 10.0 Å². The van der Waals surface area contributed by atoms with E-state index >= 15 is 0 Å². The molecule has 9 nitrogen and oxygen atoms in total. The van der Waals surface area contributed by atoms with Crippen molar-refractivity contribution in [1.82, 2.24) is 15.0 Å². The van der Waals surface area contributed by atoms with Gasteiger partial charge in [-0.05, 0) is 6.42 Å². The van der Waals surface area contributed by atoms with E-state index in [1.165, 1.54) is 0 Å². The van der Waals surface area contributed by atoms with Crippen molar-refractivity contribution in [2.75, 3.05) is 30.0 Å². The first kappa shape index (κ1) is 14.4. The molecular weight excluding hydrogens is 260 g/mol. The summed E-state index contributed by atoms with van der Waals surface area (Å²) in [6, 6.07) is 0.0995. The lowest BCUT2D eigenvalue weighted by molar-refractivity contribution is 0.292. The molecule has 0 radical (unpaired) electrons. The number of sulfonamides is 1. The predicted molar refractivity (Wildman–Crippen MR) is 66.5 cm³/mol. The van der Waals surface area contributed by atoms with Gasteiger partial charge in [-0.1, -0.05) is 6.92 Å². The quantitative estimate of drug-likeness (QED) is 0.571. The molecule has 1 heterocycles. The Balaban J connectivity index is 2.62. The predicted octanol–water partition coefficient (Wildman–Crippen LogP) is -1.06. The van der Waals surface area contributed by atoms with E-state index in [4.69, 9.17) is 15.6 Å². The molecule has 0 aliphatic heterocycles. The molecule has 102 valence electrons. The normalized spacial score (nSPS) is 11.2. The first-order valence-electron chi connectivity index (χ1n) is 5.29. The molecule has 0 saturated heterocycles. The molecule has 0 aliphatic rings. The molecule has 1 rings (SSSR count). The smallest absolute Gasteiger partial charge is 0.323 e. The number of aromatic nitrogens is 3. The lowest BCUT2D eigenvalue weighted by Gasteiger charge is -2.07. The van der Waals surface area contributed by atoms with Crippen LogP contribution >= 0.6 is 0 Å². The van der Waals surface area contributed by atoms with Gasteiger partial charge in [0, 0.05) is 6.54 Å². The second-order valence-electron chi connectivity index (χ2n) is 3.44. The monoisotopic (exact) mass is 276 g/mol. The van der Waals surface area contributed by atoms with E-state index in [9.17, 15) is 8.42 Å². The molecular formula is C8H16N6O3S. The Kier molecular flexibility index (Phi) is 5.04. The van der Waals surface area contributed by atoms with Crippen LogP contribution in [0, 0.1) is 0 Å². The molecule has 0 amide bonds. The van der Waals surface area contributed by atoms with E-state index in [1.54, 1.807) is 0 Å². The van der Waals surface area contributed by atoms with Gasteiger partial charge in [0.05, 0.1) is 12.4 Å². The first-order valence-corrected chi connectivity index (χ1v) is 7.01. The number of hydrogen-bond acceptors (Lipinski definition) is 8. The topological polar surface area (TPSA) is 146 Å². The van der Waals surface area contributed by atoms with Crippen LogP contribution in [-0.2, 0) is 10.0 Å². The molecule has 0 spiro atoms. The highest BCUT2D eigenvalue weighted by Gasteiger charge is 2.07. The number of nitrogens with zero attached hydrogens (tertiary/aromatic N) is 3. The third-order valence-electron chi connectivity index (χ3n) is 1.74. The summed E-state index contributed by atoms with van der Waals surface area (Å²) in [5.41, 5.74) is 5.46. The highest BCUT2D eigenvalue weighted by Crippen LogP contribution is 2.08. The van der Waals surface area contributed by atoms with Crippen molar-refractivity contribution in [3.8, 4) is 6.01 Å². The molecule has 0 aliphatic carbocycles. The standard InChI is InChI=1S/C8H16N6O3S/c1-2-4-17-8-13-6(9)12-7(14-8)11-3-5-18(10,15)16/h2-5H2,1H3,(H2,10,15,16)(H3,9,11,12,13,14). The fraction of sp³-hybridized carbons (Fsp3) is 0.625. The zero-order valence-electron chi connectivity index (χ0n) is 9.96. The van der Waals surface area contributed by atoms with E-state index in [0.717, 1.165) is 6.42 Å². The molecule has 0 aromatic carbocycles. The Bertz CT molecular complexity index is 492. The van der Waals surface area contributed by atoms with Gasteiger partial charge in [0.2, 0.25) is 21.9 Å². The second kappa shape index (κ2) is 6.31. The summed E-state index contributed by atoms with van der Waals surface area (Å²) < 4.78 is 26.7. The number of nitrogens with two attached hydrogens (primary N) is 2. The van der Waals surface area contributed by atoms with Crippen molar-refractivity contribution in [1.29, 1.82) is 0 Å². The van der Waals surface area contributed by atoms with Crippen LogP contribution in [0.5, 0.6) is 6.01 Å². The van der Waals surface area contributed by atoms with Gasteiger partial charge in [-0.15, -0.1) is 0 Å². The van der Waals surface area contributed by atoms with Crippen molar-refractivity contribution in [3.63, 3.8) is 0 Å². The molecule has 18 heavy (non-hydrogen) atoms. The van der Waals surface area contributed by atoms with Crippen molar-refractivity contribution in [2.24, 2.45) is 5.14 Å². The number of nitrogens with one attached hydrogen (secondary N) is 1. The summed E-state index contributed by atoms with van der Waals surface area (Å²) in [5, 5.41) is 7.53. The third-order valence-corrected chi connectivity index (χ3v) is 2.51. The maximum Gasteiger partial charge on any atom is 0.323 e. The Morgan fingerprint density at radius 1 is 1.33 bits per heavy atom. The van der Waals surface area contributed by atoms with E-state index in [1.807, 2.05) is 6.92 Å². The summed E-state index contributed by atoms with van der Waals surface area (Å²) in [6.07, 6.45) is 0.805. The van der Waals surface area contributed by atoms with Crippen molar-refractivity contribution in [3.05, 3.63) is 0 Å². The Labute approximate surface area is 105 Å². The average Bonchev–Trinajstić information content (AvgIpc) is 2.24. The summed E-state index contributed by atoms with van der Waals surface area (Å²) >= 11 is 0. The maximum atomic E-state index is 10.7. The number of hydrogen-bond donors (Lipinski definition) is 3. The highest BCUT2D eigenvalue weighted by atomic mass is 32.2. The van der Waals surface area contributed by atoms with Crippen LogP contribution in [0.25, 0.3) is 0 Å². The van der Waals surface area contributed by atoms with Gasteiger partial charge in [-0.2, -0.15) is 15.0 Å². The minimum Gasteiger partial charge on any atom is -0.463 e. The van der Waals surface area contributed by atoms with Crippen LogP contribution in [0.3, 0.4) is 0 Å². The number of rotatable bonds is 7. The van der Waals surface area contributed by atoms with Crippen molar-refractivity contribution < 1.29 is 13.2 Å². The van der Waals surface area contributed by atoms with Crippen LogP contribution in [-0.4, -0.2) is 42.3 Å². The van der Waals surface area contributed by atoms with Crippen LogP contribution in [0.2, 0.25) is 0 Å². The van der Waals surface area contributed by atoms with E-state index in [2.05, 4.69) is 20.3 Å². The van der Waals surface area contributed by atoms with Gasteiger partial charge < -0.3 is 15.8 Å². The van der Waals surface area contributed by atoms with Gasteiger partial charge in [0.15, 0.2) is 0 Å². The zero-order chi connectivity index (χ0) is 13.6. The number of nitrogen functional groups attached to an aromatic ring is 1. The Morgan fingerprint density at radius 3 is 2.67 bits per heavy atom. The number of anilines is 2. The molecule has 0 unspecified atom stereocenters. The summed E-state index contributed by atoms with van der Waals surface area (Å²) in [5.74, 6) is -0.0875. The van der Waals surface area contributed by atoms with Gasteiger partial charge >= 0.3 is 6.01 Å². The maximum absolute atomic E-state index is 10.7. The Morgan fingerprint density at radius 2 is 2.06 bits per heavy atom. The molecule has 0 fully saturated rings. The van der Waals surface area contributed by atoms with Crippen molar-refractivity contribution in [2.45, 2.75) is 13.3 Å². The van der Waals surface area contributed by atoms with Gasteiger partial charge in [-0.3, -0.25) is 0 Å². The lowest BCUT2D eigenvalue weighted by Crippen LogP contribution is -2.23. The largest absolute Gasteiger partial charge is 0.463 e. The van der Waals surface area contributed by atoms with Crippen LogP contribution < -0.4 is 20.9 Å². The highest BCUT2D eigenvalue weighted by molar-refractivity contribution is 7.89. The van der Waals surface area contributed by atoms with E-state index in [0.29, 0.717) is 6.61 Å². The zero-order valence-corrected chi connectivity index (χ0v) is 10.8. The van der Waals surface area contributed by atoms with Crippen molar-refractivity contribution >= 4 is 21.9 Å². The fourth-order valence-electron chi connectivity index (χ4n) is 1.01. The molecule has 10 heteroatoms. The van der Waals surface area contributed by atoms with Crippen LogP contribution in [0.15, 0.2) is 0 Å². The molecule has 0 atom stereocenters. The molecule has 0 bridgehead atoms. The molecule has 1 aromatic rings. The molecule has 5 N–H and O–H groups in total. The van der Waals surface area contributed by atoms with Crippen LogP contribution in [0.1, 0.15) is 13.3 Å². The van der Waals surface area contributed by atoms with E-state index in [-0.39, 0.29) is 30.2 Å². The number of ether oxygens (including phenoxy) is 1. The SMILES string of the molecule is CCCOc1nc(N)nc(NCCS(N)(=O)=O)n1. The lowest BCUT2D eigenvalue weighted by atomic mass is 10.5. The van der Waals surface area contributed by atoms with Gasteiger partial charge in [-0.25, -0.2) is 13.6 Å². The summed E-state index contributed by atoms with van der Waals surface area (Å²) in [7, 11) is -3.52.